The summed E-state index contributed by atoms with van der Waals surface area (Å²) in [4.78, 5) is 12.9. The molecule has 21 heavy (non-hydrogen) atoms. The number of thiazole rings is 1. The van der Waals surface area contributed by atoms with Gasteiger partial charge in [0.25, 0.3) is 6.47 Å². The van der Waals surface area contributed by atoms with E-state index in [0.717, 1.165) is 27.2 Å². The zero-order chi connectivity index (χ0) is 15.2. The number of rotatable bonds is 2. The number of benzene rings is 2. The molecule has 0 saturated heterocycles. The molecule has 0 unspecified atom stereocenters. The van der Waals surface area contributed by atoms with Crippen LogP contribution in [0.1, 0.15) is 10.6 Å². The van der Waals surface area contributed by atoms with Crippen LogP contribution in [-0.4, -0.2) is 21.7 Å². The third kappa shape index (κ3) is 3.65. The highest BCUT2D eigenvalue weighted by atomic mass is 32.1. The number of aromatic nitrogens is 1. The molecule has 5 heteroatoms. The topological polar surface area (TPSA) is 70.4 Å². The second kappa shape index (κ2) is 6.97. The van der Waals surface area contributed by atoms with Crippen LogP contribution in [0.2, 0.25) is 0 Å². The highest BCUT2D eigenvalue weighted by Gasteiger charge is 2.04. The van der Waals surface area contributed by atoms with E-state index in [2.05, 4.69) is 29.2 Å². The largest absolute Gasteiger partial charge is 0.483 e. The number of nitrogens with zero attached hydrogens (tertiary/aromatic N) is 1. The first-order chi connectivity index (χ1) is 10.2. The monoisotopic (exact) mass is 301 g/mol. The number of carbonyl (C=O) groups is 1. The van der Waals surface area contributed by atoms with E-state index >= 15 is 0 Å². The summed E-state index contributed by atoms with van der Waals surface area (Å²) in [5, 5.41) is 17.2. The molecule has 1 heterocycles. The van der Waals surface area contributed by atoms with E-state index in [1.807, 2.05) is 25.1 Å². The fourth-order valence-corrected chi connectivity index (χ4v) is 2.88. The Morgan fingerprint density at radius 2 is 1.90 bits per heavy atom. The summed E-state index contributed by atoms with van der Waals surface area (Å²) in [5.41, 5.74) is 4.24. The van der Waals surface area contributed by atoms with Crippen LogP contribution in [0.3, 0.4) is 0 Å². The van der Waals surface area contributed by atoms with Gasteiger partial charge in [-0.25, -0.2) is 4.98 Å². The average Bonchev–Trinajstić information content (AvgIpc) is 2.87. The molecule has 0 aliphatic carbocycles. The number of aliphatic hydroxyl groups excluding tert-OH is 1. The molecule has 0 fully saturated rings. The smallest absolute Gasteiger partial charge is 0.290 e. The summed E-state index contributed by atoms with van der Waals surface area (Å²) in [5.74, 6) is 0. The van der Waals surface area contributed by atoms with Crippen LogP contribution < -0.4 is 0 Å². The molecule has 0 radical (unpaired) electrons. The number of fused-ring (bicyclic) bond motifs is 1. The van der Waals surface area contributed by atoms with E-state index < -0.39 is 0 Å². The second-order valence-corrected chi connectivity index (χ2v) is 5.61. The van der Waals surface area contributed by atoms with Gasteiger partial charge in [-0.3, -0.25) is 4.79 Å². The first-order valence-corrected chi connectivity index (χ1v) is 7.15. The van der Waals surface area contributed by atoms with Crippen LogP contribution in [0, 0.1) is 6.92 Å². The van der Waals surface area contributed by atoms with E-state index in [9.17, 15) is 5.11 Å². The molecule has 1 aromatic heterocycles. The van der Waals surface area contributed by atoms with E-state index in [0.29, 0.717) is 0 Å². The Morgan fingerprint density at radius 3 is 2.62 bits per heavy atom. The van der Waals surface area contributed by atoms with Crippen LogP contribution in [0.15, 0.2) is 42.5 Å². The van der Waals surface area contributed by atoms with Crippen molar-refractivity contribution in [1.29, 1.82) is 0 Å². The number of aliphatic hydroxyl groups is 1. The Hall–Kier alpha value is -2.24. The predicted molar refractivity (Wildman–Crippen MR) is 84.4 cm³/mol. The molecule has 2 N–H and O–H groups in total. The Morgan fingerprint density at radius 1 is 1.19 bits per heavy atom. The summed E-state index contributed by atoms with van der Waals surface area (Å²) in [6.07, 6.45) is 0. The van der Waals surface area contributed by atoms with Crippen LogP contribution in [-0.2, 0) is 11.4 Å². The summed E-state index contributed by atoms with van der Waals surface area (Å²) in [6.45, 7) is 1.85. The molecule has 0 aliphatic rings. The van der Waals surface area contributed by atoms with Gasteiger partial charge in [-0.15, -0.1) is 11.3 Å². The SMILES string of the molecule is Cc1nc2cc(-c3cccc(CO)c3)ccc2s1.O=CO. The third-order valence-electron chi connectivity index (χ3n) is 2.94. The van der Waals surface area contributed by atoms with Crippen LogP contribution in [0.25, 0.3) is 21.3 Å². The van der Waals surface area contributed by atoms with Gasteiger partial charge in [-0.05, 0) is 41.8 Å². The lowest BCUT2D eigenvalue weighted by Crippen LogP contribution is -1.84. The van der Waals surface area contributed by atoms with Gasteiger partial charge in [0.1, 0.15) is 0 Å². The molecule has 0 spiro atoms. The predicted octanol–water partition coefficient (Wildman–Crippen LogP) is 3.46. The standard InChI is InChI=1S/C15H13NOS.CH2O2/c1-10-16-14-8-13(5-6-15(14)18-10)12-4-2-3-11(7-12)9-17;2-1-3/h2-8,17H,9H2,1H3;1H,(H,2,3). The third-order valence-corrected chi connectivity index (χ3v) is 3.89. The van der Waals surface area contributed by atoms with Crippen molar-refractivity contribution in [3.05, 3.63) is 53.0 Å². The number of hydrogen-bond acceptors (Lipinski definition) is 4. The summed E-state index contributed by atoms with van der Waals surface area (Å²) >= 11 is 1.71. The first-order valence-electron chi connectivity index (χ1n) is 6.33. The molecule has 108 valence electrons. The van der Waals surface area contributed by atoms with Crippen LogP contribution in [0.5, 0.6) is 0 Å². The van der Waals surface area contributed by atoms with E-state index in [4.69, 9.17) is 9.90 Å². The molecule has 0 amide bonds. The fourth-order valence-electron chi connectivity index (χ4n) is 2.07. The van der Waals surface area contributed by atoms with Gasteiger partial charge in [0, 0.05) is 0 Å². The second-order valence-electron chi connectivity index (χ2n) is 4.38. The van der Waals surface area contributed by atoms with Crippen molar-refractivity contribution in [2.75, 3.05) is 0 Å². The molecule has 0 aliphatic heterocycles. The zero-order valence-electron chi connectivity index (χ0n) is 11.5. The zero-order valence-corrected chi connectivity index (χ0v) is 12.3. The molecule has 0 bridgehead atoms. The van der Waals surface area contributed by atoms with Crippen molar-refractivity contribution in [3.63, 3.8) is 0 Å². The van der Waals surface area contributed by atoms with Gasteiger partial charge in [0.2, 0.25) is 0 Å². The van der Waals surface area contributed by atoms with Crippen molar-refractivity contribution < 1.29 is 15.0 Å². The Balaban J connectivity index is 0.000000497. The number of hydrogen-bond donors (Lipinski definition) is 2. The minimum Gasteiger partial charge on any atom is -0.483 e. The van der Waals surface area contributed by atoms with Gasteiger partial charge in [0.05, 0.1) is 21.8 Å². The van der Waals surface area contributed by atoms with Crippen molar-refractivity contribution in [3.8, 4) is 11.1 Å². The minimum absolute atomic E-state index is 0.0753. The highest BCUT2D eigenvalue weighted by molar-refractivity contribution is 7.18. The normalized spacial score (nSPS) is 10.0. The van der Waals surface area contributed by atoms with Gasteiger partial charge < -0.3 is 10.2 Å². The molecular weight excluding hydrogens is 286 g/mol. The summed E-state index contributed by atoms with van der Waals surface area (Å²) in [6, 6.07) is 14.3. The highest BCUT2D eigenvalue weighted by Crippen LogP contribution is 2.28. The number of carboxylic acid groups (broad SMARTS) is 1. The molecule has 3 aromatic rings. The average molecular weight is 301 g/mol. The summed E-state index contributed by atoms with van der Waals surface area (Å²) < 4.78 is 1.22. The molecule has 2 aromatic carbocycles. The van der Waals surface area contributed by atoms with Crippen molar-refractivity contribution in [1.82, 2.24) is 4.98 Å². The Labute approximate surface area is 126 Å². The lowest BCUT2D eigenvalue weighted by molar-refractivity contribution is -0.122. The quantitative estimate of drug-likeness (QED) is 0.711. The molecule has 0 atom stereocenters. The summed E-state index contributed by atoms with van der Waals surface area (Å²) in [7, 11) is 0. The molecule has 4 nitrogen and oxygen atoms in total. The van der Waals surface area contributed by atoms with Gasteiger partial charge in [-0.2, -0.15) is 0 Å². The van der Waals surface area contributed by atoms with Gasteiger partial charge in [-0.1, -0.05) is 24.3 Å². The maximum atomic E-state index is 9.17. The molecule has 0 saturated carbocycles. The van der Waals surface area contributed by atoms with Crippen LogP contribution in [0.4, 0.5) is 0 Å². The lowest BCUT2D eigenvalue weighted by Gasteiger charge is -2.03. The van der Waals surface area contributed by atoms with E-state index in [-0.39, 0.29) is 13.1 Å². The molecule has 3 rings (SSSR count). The lowest BCUT2D eigenvalue weighted by atomic mass is 10.0. The van der Waals surface area contributed by atoms with Gasteiger partial charge in [0.15, 0.2) is 0 Å². The Bertz CT molecular complexity index is 752. The Kier molecular flexibility index (Phi) is 5.03. The van der Waals surface area contributed by atoms with E-state index in [1.54, 1.807) is 11.3 Å². The van der Waals surface area contributed by atoms with Gasteiger partial charge >= 0.3 is 0 Å². The maximum Gasteiger partial charge on any atom is 0.290 e. The minimum atomic E-state index is -0.250. The van der Waals surface area contributed by atoms with Crippen molar-refractivity contribution in [2.45, 2.75) is 13.5 Å². The fraction of sp³-hybridized carbons (Fsp3) is 0.125. The van der Waals surface area contributed by atoms with Crippen molar-refractivity contribution in [2.24, 2.45) is 0 Å². The van der Waals surface area contributed by atoms with Crippen LogP contribution >= 0.6 is 11.3 Å². The van der Waals surface area contributed by atoms with E-state index in [1.165, 1.54) is 4.70 Å². The number of aryl methyl sites for hydroxylation is 1. The van der Waals surface area contributed by atoms with Crippen molar-refractivity contribution >= 4 is 28.0 Å². The maximum absolute atomic E-state index is 9.17. The molecular formula is C16H15NO3S. The first kappa shape index (κ1) is 15.2.